The molecule has 1 heterocycles. The van der Waals surface area contributed by atoms with Crippen molar-refractivity contribution in [2.75, 3.05) is 6.54 Å². The molecule has 0 aromatic rings. The number of carbonyl (C=O) groups is 2. The molecule has 1 saturated carbocycles. The summed E-state index contributed by atoms with van der Waals surface area (Å²) in [6.45, 7) is 2.84. The number of imide groups is 1. The lowest BCUT2D eigenvalue weighted by atomic mass is 9.88. The van der Waals surface area contributed by atoms with Crippen LogP contribution in [0.4, 0.5) is 4.79 Å². The SMILES string of the molecule is CCNC1(C2NC(=O)NC2=O)CCCC1. The van der Waals surface area contributed by atoms with Gasteiger partial charge in [-0.1, -0.05) is 19.8 Å². The van der Waals surface area contributed by atoms with Crippen LogP contribution in [-0.2, 0) is 4.79 Å². The lowest BCUT2D eigenvalue weighted by Gasteiger charge is -2.34. The van der Waals surface area contributed by atoms with Crippen LogP contribution in [0.25, 0.3) is 0 Å². The Bertz CT molecular complexity index is 284. The van der Waals surface area contributed by atoms with Crippen LogP contribution in [0.2, 0.25) is 0 Å². The molecule has 2 aliphatic rings. The van der Waals surface area contributed by atoms with Gasteiger partial charge in [0, 0.05) is 5.54 Å². The number of rotatable bonds is 3. The smallest absolute Gasteiger partial charge is 0.322 e. The minimum Gasteiger partial charge on any atom is -0.324 e. The summed E-state index contributed by atoms with van der Waals surface area (Å²) in [5.74, 6) is -0.192. The zero-order valence-corrected chi connectivity index (χ0v) is 8.93. The van der Waals surface area contributed by atoms with Gasteiger partial charge in [-0.25, -0.2) is 4.79 Å². The van der Waals surface area contributed by atoms with E-state index in [1.807, 2.05) is 6.92 Å². The van der Waals surface area contributed by atoms with Gasteiger partial charge >= 0.3 is 6.03 Å². The van der Waals surface area contributed by atoms with Gasteiger partial charge in [0.15, 0.2) is 0 Å². The van der Waals surface area contributed by atoms with Crippen molar-refractivity contribution in [1.82, 2.24) is 16.0 Å². The van der Waals surface area contributed by atoms with Crippen LogP contribution in [0.1, 0.15) is 32.6 Å². The molecule has 0 bridgehead atoms. The molecule has 15 heavy (non-hydrogen) atoms. The van der Waals surface area contributed by atoms with E-state index >= 15 is 0 Å². The maximum atomic E-state index is 11.6. The quantitative estimate of drug-likeness (QED) is 0.581. The zero-order chi connectivity index (χ0) is 10.9. The number of likely N-dealkylation sites (N-methyl/N-ethyl adjacent to an activating group) is 1. The third-order valence-corrected chi connectivity index (χ3v) is 3.35. The highest BCUT2D eigenvalue weighted by Crippen LogP contribution is 2.33. The lowest BCUT2D eigenvalue weighted by molar-refractivity contribution is -0.121. The number of hydrogen-bond acceptors (Lipinski definition) is 3. The minimum atomic E-state index is -0.396. The van der Waals surface area contributed by atoms with Crippen LogP contribution in [-0.4, -0.2) is 30.1 Å². The second-order valence-electron chi connectivity index (χ2n) is 4.29. The Kier molecular flexibility index (Phi) is 2.65. The molecule has 1 unspecified atom stereocenters. The zero-order valence-electron chi connectivity index (χ0n) is 8.93. The van der Waals surface area contributed by atoms with Gasteiger partial charge in [-0.2, -0.15) is 0 Å². The Morgan fingerprint density at radius 1 is 1.40 bits per heavy atom. The molecule has 0 spiro atoms. The van der Waals surface area contributed by atoms with Gasteiger partial charge in [0.25, 0.3) is 5.91 Å². The van der Waals surface area contributed by atoms with Crippen molar-refractivity contribution in [3.05, 3.63) is 0 Å². The molecular formula is C10H17N3O2. The highest BCUT2D eigenvalue weighted by atomic mass is 16.2. The van der Waals surface area contributed by atoms with Crippen LogP contribution in [0.3, 0.4) is 0 Å². The van der Waals surface area contributed by atoms with Crippen molar-refractivity contribution in [1.29, 1.82) is 0 Å². The predicted molar refractivity (Wildman–Crippen MR) is 55.3 cm³/mol. The number of amides is 3. The van der Waals surface area contributed by atoms with E-state index in [0.29, 0.717) is 0 Å². The molecule has 2 rings (SSSR count). The first kappa shape index (κ1) is 10.4. The first-order chi connectivity index (χ1) is 7.18. The second kappa shape index (κ2) is 3.81. The van der Waals surface area contributed by atoms with Gasteiger partial charge < -0.3 is 10.6 Å². The Hall–Kier alpha value is -1.10. The molecule has 5 nitrogen and oxygen atoms in total. The van der Waals surface area contributed by atoms with E-state index in [1.165, 1.54) is 0 Å². The number of hydrogen-bond donors (Lipinski definition) is 3. The summed E-state index contributed by atoms with van der Waals surface area (Å²) in [4.78, 5) is 22.7. The second-order valence-corrected chi connectivity index (χ2v) is 4.29. The third kappa shape index (κ3) is 1.71. The van der Waals surface area contributed by atoms with Gasteiger partial charge in [-0.3, -0.25) is 10.1 Å². The highest BCUT2D eigenvalue weighted by molar-refractivity contribution is 6.05. The Balaban J connectivity index is 2.17. The van der Waals surface area contributed by atoms with Crippen molar-refractivity contribution in [2.45, 2.75) is 44.2 Å². The van der Waals surface area contributed by atoms with E-state index in [1.54, 1.807) is 0 Å². The lowest BCUT2D eigenvalue weighted by Crippen LogP contribution is -2.59. The van der Waals surface area contributed by atoms with Gasteiger partial charge in [-0.05, 0) is 19.4 Å². The van der Waals surface area contributed by atoms with E-state index in [-0.39, 0.29) is 17.5 Å². The molecule has 0 radical (unpaired) electrons. The average molecular weight is 211 g/mol. The summed E-state index contributed by atoms with van der Waals surface area (Å²) in [6, 6.07) is -0.762. The van der Waals surface area contributed by atoms with Gasteiger partial charge in [0.1, 0.15) is 6.04 Å². The first-order valence-electron chi connectivity index (χ1n) is 5.54. The first-order valence-corrected chi connectivity index (χ1v) is 5.54. The Morgan fingerprint density at radius 2 is 2.07 bits per heavy atom. The maximum Gasteiger partial charge on any atom is 0.322 e. The molecule has 2 fully saturated rings. The topological polar surface area (TPSA) is 70.2 Å². The fourth-order valence-corrected chi connectivity index (χ4v) is 2.73. The van der Waals surface area contributed by atoms with Crippen molar-refractivity contribution in [3.63, 3.8) is 0 Å². The van der Waals surface area contributed by atoms with E-state index in [9.17, 15) is 9.59 Å². The Labute approximate surface area is 89.0 Å². The summed E-state index contributed by atoms with van der Waals surface area (Å²) in [7, 11) is 0. The molecule has 1 aliphatic heterocycles. The largest absolute Gasteiger partial charge is 0.324 e. The van der Waals surface area contributed by atoms with Crippen LogP contribution < -0.4 is 16.0 Å². The van der Waals surface area contributed by atoms with Crippen LogP contribution in [0, 0.1) is 0 Å². The van der Waals surface area contributed by atoms with E-state index in [2.05, 4.69) is 16.0 Å². The third-order valence-electron chi connectivity index (χ3n) is 3.35. The summed E-state index contributed by atoms with van der Waals surface area (Å²) >= 11 is 0. The van der Waals surface area contributed by atoms with E-state index < -0.39 is 6.04 Å². The fraction of sp³-hybridized carbons (Fsp3) is 0.800. The van der Waals surface area contributed by atoms with E-state index in [0.717, 1.165) is 32.2 Å². The molecular weight excluding hydrogens is 194 g/mol. The molecule has 3 N–H and O–H groups in total. The van der Waals surface area contributed by atoms with Crippen LogP contribution >= 0.6 is 0 Å². The van der Waals surface area contributed by atoms with Crippen LogP contribution in [0.15, 0.2) is 0 Å². The molecule has 1 aliphatic carbocycles. The highest BCUT2D eigenvalue weighted by Gasteiger charge is 2.48. The summed E-state index contributed by atoms with van der Waals surface area (Å²) in [6.07, 6.45) is 4.15. The van der Waals surface area contributed by atoms with Gasteiger partial charge in [0.2, 0.25) is 0 Å². The molecule has 3 amide bonds. The number of carbonyl (C=O) groups excluding carboxylic acids is 2. The normalized spacial score (nSPS) is 29.0. The molecule has 1 saturated heterocycles. The predicted octanol–water partition coefficient (Wildman–Crippen LogP) is 0.117. The maximum absolute atomic E-state index is 11.6. The van der Waals surface area contributed by atoms with Crippen molar-refractivity contribution < 1.29 is 9.59 Å². The van der Waals surface area contributed by atoms with Crippen molar-refractivity contribution >= 4 is 11.9 Å². The average Bonchev–Trinajstić information content (AvgIpc) is 2.75. The Morgan fingerprint density at radius 3 is 2.53 bits per heavy atom. The fourth-order valence-electron chi connectivity index (χ4n) is 2.73. The van der Waals surface area contributed by atoms with Crippen LogP contribution in [0.5, 0.6) is 0 Å². The molecule has 0 aromatic heterocycles. The standard InChI is InChI=1S/C10H17N3O2/c1-2-11-10(5-3-4-6-10)7-8(14)13-9(15)12-7/h7,11H,2-6H2,1H3,(H2,12,13,14,15). The van der Waals surface area contributed by atoms with Gasteiger partial charge in [0.05, 0.1) is 0 Å². The summed E-state index contributed by atoms with van der Waals surface area (Å²) in [5, 5.41) is 8.38. The number of urea groups is 1. The summed E-state index contributed by atoms with van der Waals surface area (Å²) < 4.78 is 0. The summed E-state index contributed by atoms with van der Waals surface area (Å²) in [5.41, 5.74) is -0.217. The van der Waals surface area contributed by atoms with Crippen molar-refractivity contribution in [3.8, 4) is 0 Å². The molecule has 1 atom stereocenters. The molecule has 5 heteroatoms. The molecule has 84 valence electrons. The monoisotopic (exact) mass is 211 g/mol. The number of nitrogens with one attached hydrogen (secondary N) is 3. The van der Waals surface area contributed by atoms with Crippen molar-refractivity contribution in [2.24, 2.45) is 0 Å². The van der Waals surface area contributed by atoms with Gasteiger partial charge in [-0.15, -0.1) is 0 Å². The molecule has 0 aromatic carbocycles. The minimum absolute atomic E-state index is 0.192. The van der Waals surface area contributed by atoms with E-state index in [4.69, 9.17) is 0 Å².